The molecule has 37 heavy (non-hydrogen) atoms. The first-order valence-corrected chi connectivity index (χ1v) is 12.1. The van der Waals surface area contributed by atoms with Crippen molar-refractivity contribution in [3.8, 4) is 0 Å². The Hall–Kier alpha value is -4.59. The molecular formula is C29H30N4O4. The summed E-state index contributed by atoms with van der Waals surface area (Å²) < 4.78 is 5.33. The van der Waals surface area contributed by atoms with Crippen LogP contribution in [0.4, 0.5) is 10.5 Å². The van der Waals surface area contributed by atoms with Gasteiger partial charge in [-0.2, -0.15) is 0 Å². The maximum Gasteiger partial charge on any atom is 0.408 e. The van der Waals surface area contributed by atoms with Gasteiger partial charge in [0.2, 0.25) is 11.8 Å². The summed E-state index contributed by atoms with van der Waals surface area (Å²) in [7, 11) is 0. The van der Waals surface area contributed by atoms with Gasteiger partial charge in [-0.25, -0.2) is 4.79 Å². The predicted molar refractivity (Wildman–Crippen MR) is 143 cm³/mol. The third-order valence-electron chi connectivity index (χ3n) is 6.22. The van der Waals surface area contributed by atoms with E-state index >= 15 is 0 Å². The molecule has 0 fully saturated rings. The van der Waals surface area contributed by atoms with Crippen LogP contribution in [-0.4, -0.2) is 35.5 Å². The number of H-pyrrole nitrogens is 1. The highest BCUT2D eigenvalue weighted by molar-refractivity contribution is 5.96. The Balaban J connectivity index is 1.42. The number of aromatic nitrogens is 1. The number of benzene rings is 3. The third kappa shape index (κ3) is 6.76. The van der Waals surface area contributed by atoms with Gasteiger partial charge >= 0.3 is 6.09 Å². The fourth-order valence-corrected chi connectivity index (χ4v) is 4.01. The number of amides is 3. The zero-order valence-corrected chi connectivity index (χ0v) is 20.8. The summed E-state index contributed by atoms with van der Waals surface area (Å²) in [6.07, 6.45) is 1.31. The van der Waals surface area contributed by atoms with E-state index in [9.17, 15) is 14.4 Å². The Morgan fingerprint density at radius 2 is 1.68 bits per heavy atom. The molecule has 0 radical (unpaired) electrons. The first-order valence-electron chi connectivity index (χ1n) is 12.1. The first kappa shape index (κ1) is 25.5. The Labute approximate surface area is 215 Å². The second kappa shape index (κ2) is 11.9. The molecule has 1 atom stereocenters. The van der Waals surface area contributed by atoms with Crippen LogP contribution < -0.4 is 16.0 Å². The molecule has 3 amide bonds. The van der Waals surface area contributed by atoms with E-state index in [1.165, 1.54) is 0 Å². The molecule has 0 saturated heterocycles. The summed E-state index contributed by atoms with van der Waals surface area (Å²) >= 11 is 0. The Morgan fingerprint density at radius 1 is 0.919 bits per heavy atom. The Kier molecular flexibility index (Phi) is 8.20. The number of nitrogens with one attached hydrogen (secondary N) is 4. The van der Waals surface area contributed by atoms with Crippen molar-refractivity contribution in [2.75, 3.05) is 11.9 Å². The average molecular weight is 499 g/mol. The molecule has 0 spiro atoms. The van der Waals surface area contributed by atoms with Crippen LogP contribution in [0.25, 0.3) is 10.9 Å². The molecule has 0 saturated carbocycles. The van der Waals surface area contributed by atoms with E-state index in [0.717, 1.165) is 33.2 Å². The molecule has 0 bridgehead atoms. The van der Waals surface area contributed by atoms with Crippen LogP contribution in [0.2, 0.25) is 0 Å². The highest BCUT2D eigenvalue weighted by Gasteiger charge is 2.24. The third-order valence-corrected chi connectivity index (χ3v) is 6.22. The van der Waals surface area contributed by atoms with Crippen molar-refractivity contribution in [2.24, 2.45) is 0 Å². The summed E-state index contributed by atoms with van der Waals surface area (Å²) in [6.45, 7) is 3.72. The summed E-state index contributed by atoms with van der Waals surface area (Å²) in [5.41, 5.74) is 5.33. The smallest absolute Gasteiger partial charge is 0.408 e. The van der Waals surface area contributed by atoms with E-state index in [0.29, 0.717) is 5.69 Å². The number of aryl methyl sites for hydroxylation is 1. The molecule has 4 N–H and O–H groups in total. The molecule has 0 aliphatic heterocycles. The number of anilines is 1. The molecule has 8 heteroatoms. The standard InChI is InChI=1S/C29H30N4O4/c1-19-9-8-14-24(20(19)2)32-27(34)17-31-28(35)26(15-22-16-30-25-13-7-6-12-23(22)25)33-29(36)37-18-21-10-4-3-5-11-21/h3-14,16,26,30H,15,17-18H2,1-2H3,(H,31,35)(H,32,34)(H,33,36)/t26-/m0/s1. The SMILES string of the molecule is Cc1cccc(NC(=O)CNC(=O)[C@H](Cc2c[nH]c3ccccc23)NC(=O)OCc2ccccc2)c1C. The van der Waals surface area contributed by atoms with E-state index in [-0.39, 0.29) is 25.5 Å². The van der Waals surface area contributed by atoms with Crippen molar-refractivity contribution in [2.45, 2.75) is 32.9 Å². The van der Waals surface area contributed by atoms with Gasteiger partial charge in [0.05, 0.1) is 6.54 Å². The fraction of sp³-hybridized carbons (Fsp3) is 0.207. The second-order valence-corrected chi connectivity index (χ2v) is 8.84. The number of fused-ring (bicyclic) bond motifs is 1. The quantitative estimate of drug-likeness (QED) is 0.274. The lowest BCUT2D eigenvalue weighted by Crippen LogP contribution is -2.49. The molecule has 0 aliphatic carbocycles. The van der Waals surface area contributed by atoms with E-state index < -0.39 is 18.0 Å². The maximum absolute atomic E-state index is 13.1. The van der Waals surface area contributed by atoms with E-state index in [2.05, 4.69) is 20.9 Å². The van der Waals surface area contributed by atoms with Gasteiger partial charge in [0.15, 0.2) is 0 Å². The molecule has 4 rings (SSSR count). The summed E-state index contributed by atoms with van der Waals surface area (Å²) in [4.78, 5) is 41.4. The Bertz CT molecular complexity index is 1400. The minimum atomic E-state index is -0.948. The number of hydrogen-bond acceptors (Lipinski definition) is 4. The molecule has 190 valence electrons. The van der Waals surface area contributed by atoms with Crippen LogP contribution in [0.3, 0.4) is 0 Å². The summed E-state index contributed by atoms with van der Waals surface area (Å²) in [6, 6.07) is 21.7. The van der Waals surface area contributed by atoms with Crippen LogP contribution in [0, 0.1) is 13.8 Å². The lowest BCUT2D eigenvalue weighted by atomic mass is 10.0. The molecular weight excluding hydrogens is 468 g/mol. The second-order valence-electron chi connectivity index (χ2n) is 8.84. The Morgan fingerprint density at radius 3 is 2.49 bits per heavy atom. The molecule has 4 aromatic rings. The number of rotatable bonds is 9. The van der Waals surface area contributed by atoms with Gasteiger partial charge in [-0.3, -0.25) is 9.59 Å². The average Bonchev–Trinajstić information content (AvgIpc) is 3.32. The molecule has 1 aromatic heterocycles. The lowest BCUT2D eigenvalue weighted by molar-refractivity contribution is -0.125. The number of hydrogen-bond donors (Lipinski definition) is 4. The van der Waals surface area contributed by atoms with Crippen molar-refractivity contribution >= 4 is 34.5 Å². The fourth-order valence-electron chi connectivity index (χ4n) is 4.01. The van der Waals surface area contributed by atoms with Gasteiger partial charge < -0.3 is 25.7 Å². The van der Waals surface area contributed by atoms with E-state index in [1.54, 1.807) is 0 Å². The molecule has 0 unspecified atom stereocenters. The minimum absolute atomic E-state index is 0.0757. The molecule has 3 aromatic carbocycles. The van der Waals surface area contributed by atoms with Gasteiger partial charge in [-0.05, 0) is 48.2 Å². The van der Waals surface area contributed by atoms with Crippen LogP contribution in [0.5, 0.6) is 0 Å². The zero-order valence-electron chi connectivity index (χ0n) is 20.8. The lowest BCUT2D eigenvalue weighted by Gasteiger charge is -2.18. The highest BCUT2D eigenvalue weighted by atomic mass is 16.5. The number of alkyl carbamates (subject to hydrolysis) is 1. The monoisotopic (exact) mass is 498 g/mol. The van der Waals surface area contributed by atoms with Crippen molar-refractivity contribution < 1.29 is 19.1 Å². The van der Waals surface area contributed by atoms with Crippen molar-refractivity contribution in [3.63, 3.8) is 0 Å². The molecule has 1 heterocycles. The van der Waals surface area contributed by atoms with Crippen LogP contribution in [-0.2, 0) is 27.4 Å². The number of aromatic amines is 1. The van der Waals surface area contributed by atoms with Crippen LogP contribution in [0.15, 0.2) is 79.0 Å². The molecule has 0 aliphatic rings. The van der Waals surface area contributed by atoms with Gasteiger partial charge in [0, 0.05) is 29.2 Å². The summed E-state index contributed by atoms with van der Waals surface area (Å²) in [5.74, 6) is -0.849. The number of carbonyl (C=O) groups excluding carboxylic acids is 3. The zero-order chi connectivity index (χ0) is 26.2. The topological polar surface area (TPSA) is 112 Å². The van der Waals surface area contributed by atoms with Gasteiger partial charge in [0.1, 0.15) is 12.6 Å². The highest BCUT2D eigenvalue weighted by Crippen LogP contribution is 2.20. The van der Waals surface area contributed by atoms with Crippen molar-refractivity contribution in [3.05, 3.63) is 101 Å². The van der Waals surface area contributed by atoms with Gasteiger partial charge in [0.25, 0.3) is 0 Å². The van der Waals surface area contributed by atoms with E-state index in [4.69, 9.17) is 4.74 Å². The van der Waals surface area contributed by atoms with Crippen molar-refractivity contribution in [1.29, 1.82) is 0 Å². The number of para-hydroxylation sites is 1. The normalized spacial score (nSPS) is 11.5. The van der Waals surface area contributed by atoms with Gasteiger partial charge in [-0.1, -0.05) is 60.7 Å². The number of ether oxygens (including phenoxy) is 1. The largest absolute Gasteiger partial charge is 0.445 e. The van der Waals surface area contributed by atoms with Crippen LogP contribution >= 0.6 is 0 Å². The molecule has 8 nitrogen and oxygen atoms in total. The van der Waals surface area contributed by atoms with E-state index in [1.807, 2.05) is 92.8 Å². The number of carbonyl (C=O) groups is 3. The maximum atomic E-state index is 13.1. The van der Waals surface area contributed by atoms with Crippen LogP contribution in [0.1, 0.15) is 22.3 Å². The van der Waals surface area contributed by atoms with Gasteiger partial charge in [-0.15, -0.1) is 0 Å². The van der Waals surface area contributed by atoms with Crippen molar-refractivity contribution in [1.82, 2.24) is 15.6 Å². The minimum Gasteiger partial charge on any atom is -0.445 e. The predicted octanol–water partition coefficient (Wildman–Crippen LogP) is 4.38. The summed E-state index contributed by atoms with van der Waals surface area (Å²) in [5, 5.41) is 9.08. The first-order chi connectivity index (χ1) is 17.9.